The molecular formula is C13H20N4O. The van der Waals surface area contributed by atoms with Crippen molar-refractivity contribution in [2.24, 2.45) is 5.41 Å². The Labute approximate surface area is 107 Å². The molecule has 2 saturated heterocycles. The van der Waals surface area contributed by atoms with Gasteiger partial charge in [-0.3, -0.25) is 9.89 Å². The Kier molecular flexibility index (Phi) is 3.07. The summed E-state index contributed by atoms with van der Waals surface area (Å²) >= 11 is 0. The SMILES string of the molecule is O=C(c1ccn[nH]1)N1CCC2(CCNCC2)CC1. The first-order valence-corrected chi connectivity index (χ1v) is 6.79. The predicted molar refractivity (Wildman–Crippen MR) is 68.3 cm³/mol. The van der Waals surface area contributed by atoms with Gasteiger partial charge in [-0.1, -0.05) is 0 Å². The average Bonchev–Trinajstić information content (AvgIpc) is 2.94. The van der Waals surface area contributed by atoms with Crippen LogP contribution in [0.3, 0.4) is 0 Å². The first-order valence-electron chi connectivity index (χ1n) is 6.79. The molecule has 98 valence electrons. The number of nitrogens with one attached hydrogen (secondary N) is 2. The third-order valence-corrected chi connectivity index (χ3v) is 4.51. The van der Waals surface area contributed by atoms with Crippen LogP contribution in [0.15, 0.2) is 12.3 Å². The van der Waals surface area contributed by atoms with E-state index in [1.54, 1.807) is 12.3 Å². The van der Waals surface area contributed by atoms with E-state index in [1.165, 1.54) is 12.8 Å². The van der Waals surface area contributed by atoms with Crippen molar-refractivity contribution in [2.75, 3.05) is 26.2 Å². The molecule has 2 N–H and O–H groups in total. The fraction of sp³-hybridized carbons (Fsp3) is 0.692. The Morgan fingerprint density at radius 2 is 1.94 bits per heavy atom. The number of aromatic amines is 1. The van der Waals surface area contributed by atoms with Crippen molar-refractivity contribution < 1.29 is 4.79 Å². The van der Waals surface area contributed by atoms with Gasteiger partial charge in [0.05, 0.1) is 0 Å². The summed E-state index contributed by atoms with van der Waals surface area (Å²) in [7, 11) is 0. The lowest BCUT2D eigenvalue weighted by molar-refractivity contribution is 0.0491. The van der Waals surface area contributed by atoms with Crippen molar-refractivity contribution in [3.05, 3.63) is 18.0 Å². The zero-order valence-corrected chi connectivity index (χ0v) is 10.6. The van der Waals surface area contributed by atoms with Crippen molar-refractivity contribution in [3.8, 4) is 0 Å². The van der Waals surface area contributed by atoms with E-state index in [1.807, 2.05) is 4.90 Å². The van der Waals surface area contributed by atoms with E-state index in [0.29, 0.717) is 11.1 Å². The molecule has 18 heavy (non-hydrogen) atoms. The molecule has 3 heterocycles. The Bertz CT molecular complexity index is 399. The van der Waals surface area contributed by atoms with Crippen LogP contribution in [0.5, 0.6) is 0 Å². The van der Waals surface area contributed by atoms with Crippen LogP contribution < -0.4 is 5.32 Å². The monoisotopic (exact) mass is 248 g/mol. The summed E-state index contributed by atoms with van der Waals surface area (Å²) in [5.74, 6) is 0.0938. The third kappa shape index (κ3) is 2.14. The molecule has 5 nitrogen and oxygen atoms in total. The van der Waals surface area contributed by atoms with Gasteiger partial charge in [0.25, 0.3) is 5.91 Å². The highest BCUT2D eigenvalue weighted by molar-refractivity contribution is 5.92. The number of H-pyrrole nitrogens is 1. The summed E-state index contributed by atoms with van der Waals surface area (Å²) in [6.45, 7) is 4.04. The molecule has 2 aliphatic rings. The first kappa shape index (κ1) is 11.7. The van der Waals surface area contributed by atoms with Gasteiger partial charge in [0, 0.05) is 19.3 Å². The van der Waals surface area contributed by atoms with Crippen LogP contribution in [0.4, 0.5) is 0 Å². The number of nitrogens with zero attached hydrogens (tertiary/aromatic N) is 2. The maximum atomic E-state index is 12.2. The highest BCUT2D eigenvalue weighted by atomic mass is 16.2. The zero-order chi connectivity index (χ0) is 12.4. The fourth-order valence-electron chi connectivity index (χ4n) is 3.19. The van der Waals surface area contributed by atoms with Crippen molar-refractivity contribution in [1.82, 2.24) is 20.4 Å². The average molecular weight is 248 g/mol. The Balaban J connectivity index is 1.61. The molecule has 1 spiro atoms. The summed E-state index contributed by atoms with van der Waals surface area (Å²) in [5.41, 5.74) is 1.10. The second kappa shape index (κ2) is 4.72. The molecule has 3 rings (SSSR count). The van der Waals surface area contributed by atoms with Crippen LogP contribution in [0.25, 0.3) is 0 Å². The van der Waals surface area contributed by atoms with Gasteiger partial charge in [-0.05, 0) is 50.3 Å². The van der Waals surface area contributed by atoms with Crippen molar-refractivity contribution in [3.63, 3.8) is 0 Å². The van der Waals surface area contributed by atoms with Gasteiger partial charge < -0.3 is 10.2 Å². The van der Waals surface area contributed by atoms with Gasteiger partial charge in [-0.25, -0.2) is 0 Å². The molecule has 0 aromatic carbocycles. The lowest BCUT2D eigenvalue weighted by Crippen LogP contribution is -2.47. The predicted octanol–water partition coefficient (Wildman–Crippen LogP) is 1.02. The second-order valence-electron chi connectivity index (χ2n) is 5.51. The molecule has 0 radical (unpaired) electrons. The van der Waals surface area contributed by atoms with E-state index in [-0.39, 0.29) is 5.91 Å². The van der Waals surface area contributed by atoms with Crippen molar-refractivity contribution >= 4 is 5.91 Å². The zero-order valence-electron chi connectivity index (χ0n) is 10.6. The lowest BCUT2D eigenvalue weighted by atomic mass is 9.71. The molecular weight excluding hydrogens is 228 g/mol. The third-order valence-electron chi connectivity index (χ3n) is 4.51. The number of carbonyl (C=O) groups is 1. The quantitative estimate of drug-likeness (QED) is 0.780. The topological polar surface area (TPSA) is 61.0 Å². The number of carbonyl (C=O) groups excluding carboxylic acids is 1. The second-order valence-corrected chi connectivity index (χ2v) is 5.51. The number of likely N-dealkylation sites (tertiary alicyclic amines) is 1. The number of hydrogen-bond acceptors (Lipinski definition) is 3. The smallest absolute Gasteiger partial charge is 0.271 e. The summed E-state index contributed by atoms with van der Waals surface area (Å²) < 4.78 is 0. The first-order chi connectivity index (χ1) is 8.79. The van der Waals surface area contributed by atoms with E-state index >= 15 is 0 Å². The number of hydrogen-bond donors (Lipinski definition) is 2. The minimum absolute atomic E-state index is 0.0938. The Morgan fingerprint density at radius 3 is 2.56 bits per heavy atom. The normalized spacial score (nSPS) is 23.2. The molecule has 0 aliphatic carbocycles. The molecule has 1 aromatic heterocycles. The van der Waals surface area contributed by atoms with E-state index < -0.39 is 0 Å². The van der Waals surface area contributed by atoms with Gasteiger partial charge >= 0.3 is 0 Å². The largest absolute Gasteiger partial charge is 0.337 e. The molecule has 0 atom stereocenters. The number of piperidine rings is 2. The number of rotatable bonds is 1. The number of amides is 1. The van der Waals surface area contributed by atoms with Crippen LogP contribution in [-0.2, 0) is 0 Å². The van der Waals surface area contributed by atoms with Crippen molar-refractivity contribution in [2.45, 2.75) is 25.7 Å². The maximum absolute atomic E-state index is 12.2. The molecule has 0 saturated carbocycles. The maximum Gasteiger partial charge on any atom is 0.271 e. The molecule has 2 aliphatic heterocycles. The van der Waals surface area contributed by atoms with Crippen LogP contribution in [0.2, 0.25) is 0 Å². The van der Waals surface area contributed by atoms with E-state index in [2.05, 4.69) is 15.5 Å². The number of aromatic nitrogens is 2. The van der Waals surface area contributed by atoms with Crippen LogP contribution in [-0.4, -0.2) is 47.2 Å². The van der Waals surface area contributed by atoms with Crippen LogP contribution in [0, 0.1) is 5.41 Å². The highest BCUT2D eigenvalue weighted by Crippen LogP contribution is 2.39. The minimum atomic E-state index is 0.0938. The summed E-state index contributed by atoms with van der Waals surface area (Å²) in [6.07, 6.45) is 6.45. The van der Waals surface area contributed by atoms with E-state index in [9.17, 15) is 4.79 Å². The highest BCUT2D eigenvalue weighted by Gasteiger charge is 2.36. The molecule has 0 unspecified atom stereocenters. The van der Waals surface area contributed by atoms with Gasteiger partial charge in [0.15, 0.2) is 0 Å². The molecule has 0 bridgehead atoms. The molecule has 5 heteroatoms. The van der Waals surface area contributed by atoms with E-state index in [4.69, 9.17) is 0 Å². The standard InChI is InChI=1S/C13H20N4O/c18-12(11-1-6-15-16-11)17-9-4-13(5-10-17)2-7-14-8-3-13/h1,6,14H,2-5,7-10H2,(H,15,16). The Morgan fingerprint density at radius 1 is 1.22 bits per heavy atom. The summed E-state index contributed by atoms with van der Waals surface area (Å²) in [6, 6.07) is 1.75. The molecule has 1 amide bonds. The Hall–Kier alpha value is -1.36. The van der Waals surface area contributed by atoms with Gasteiger partial charge in [0.1, 0.15) is 5.69 Å². The summed E-state index contributed by atoms with van der Waals surface area (Å²) in [5, 5.41) is 10.0. The van der Waals surface area contributed by atoms with Gasteiger partial charge in [0.2, 0.25) is 0 Å². The van der Waals surface area contributed by atoms with Crippen LogP contribution in [0.1, 0.15) is 36.2 Å². The van der Waals surface area contributed by atoms with Gasteiger partial charge in [-0.15, -0.1) is 0 Å². The minimum Gasteiger partial charge on any atom is -0.337 e. The lowest BCUT2D eigenvalue weighted by Gasteiger charge is -2.44. The van der Waals surface area contributed by atoms with Crippen LogP contribution >= 0.6 is 0 Å². The molecule has 2 fully saturated rings. The van der Waals surface area contributed by atoms with E-state index in [0.717, 1.165) is 39.0 Å². The summed E-state index contributed by atoms with van der Waals surface area (Å²) in [4.78, 5) is 14.1. The molecule has 1 aromatic rings. The fourth-order valence-corrected chi connectivity index (χ4v) is 3.19. The van der Waals surface area contributed by atoms with Crippen molar-refractivity contribution in [1.29, 1.82) is 0 Å². The van der Waals surface area contributed by atoms with Gasteiger partial charge in [-0.2, -0.15) is 5.10 Å².